The van der Waals surface area contributed by atoms with Crippen LogP contribution >= 0.6 is 11.6 Å². The molecule has 0 saturated carbocycles. The third-order valence-electron chi connectivity index (χ3n) is 3.41. The summed E-state index contributed by atoms with van der Waals surface area (Å²) in [7, 11) is 0. The van der Waals surface area contributed by atoms with Gasteiger partial charge in [0.15, 0.2) is 0 Å². The number of piperazine rings is 1. The number of carbonyl (C=O) groups excluding carboxylic acids is 2. The van der Waals surface area contributed by atoms with Crippen molar-refractivity contribution in [3.63, 3.8) is 0 Å². The maximum absolute atomic E-state index is 12.5. The smallest absolute Gasteiger partial charge is 0.254 e. The number of hydrogen-bond donors (Lipinski definition) is 1. The molecule has 1 aromatic heterocycles. The zero-order chi connectivity index (χ0) is 14.9. The topological polar surface area (TPSA) is 62.3 Å². The Kier molecular flexibility index (Phi) is 4.28. The van der Waals surface area contributed by atoms with Crippen molar-refractivity contribution < 1.29 is 9.59 Å². The summed E-state index contributed by atoms with van der Waals surface area (Å²) in [6.07, 6.45) is 0. The summed E-state index contributed by atoms with van der Waals surface area (Å²) in [5, 5.41) is 3.04. The van der Waals surface area contributed by atoms with Gasteiger partial charge in [-0.25, -0.2) is 4.98 Å². The molecule has 1 unspecified atom stereocenters. The summed E-state index contributed by atoms with van der Waals surface area (Å²) in [5.41, 5.74) is 1.25. The van der Waals surface area contributed by atoms with Crippen LogP contribution in [-0.2, 0) is 4.79 Å². The monoisotopic (exact) mass is 295 g/mol. The van der Waals surface area contributed by atoms with Gasteiger partial charge in [-0.05, 0) is 25.0 Å². The lowest BCUT2D eigenvalue weighted by atomic mass is 10.1. The second kappa shape index (κ2) is 5.79. The number of aromatic nitrogens is 1. The summed E-state index contributed by atoms with van der Waals surface area (Å²) in [6, 6.07) is 2.83. The minimum Gasteiger partial charge on any atom is -0.353 e. The van der Waals surface area contributed by atoms with Crippen molar-refractivity contribution in [1.82, 2.24) is 15.2 Å². The van der Waals surface area contributed by atoms with Crippen LogP contribution in [0.4, 0.5) is 0 Å². The third-order valence-corrected chi connectivity index (χ3v) is 3.61. The van der Waals surface area contributed by atoms with Gasteiger partial charge in [-0.2, -0.15) is 0 Å². The van der Waals surface area contributed by atoms with Crippen molar-refractivity contribution in [2.24, 2.45) is 0 Å². The maximum Gasteiger partial charge on any atom is 0.254 e. The Bertz CT molecular complexity index is 545. The normalized spacial score (nSPS) is 19.1. The van der Waals surface area contributed by atoms with Crippen molar-refractivity contribution >= 4 is 23.4 Å². The maximum atomic E-state index is 12.5. The number of carbonyl (C=O) groups is 2. The molecule has 2 heterocycles. The molecule has 1 aliphatic rings. The quantitative estimate of drug-likeness (QED) is 0.847. The van der Waals surface area contributed by atoms with Gasteiger partial charge in [0.1, 0.15) is 11.2 Å². The van der Waals surface area contributed by atoms with Gasteiger partial charge < -0.3 is 10.2 Å². The zero-order valence-corrected chi connectivity index (χ0v) is 12.6. The molecule has 0 aliphatic carbocycles. The average molecular weight is 296 g/mol. The molecule has 0 bridgehead atoms. The fraction of sp³-hybridized carbons (Fsp3) is 0.500. The van der Waals surface area contributed by atoms with E-state index in [1.54, 1.807) is 24.0 Å². The molecule has 1 fully saturated rings. The zero-order valence-electron chi connectivity index (χ0n) is 11.8. The average Bonchev–Trinajstić information content (AvgIpc) is 2.40. The van der Waals surface area contributed by atoms with Gasteiger partial charge in [-0.15, -0.1) is 0 Å². The van der Waals surface area contributed by atoms with Crippen LogP contribution < -0.4 is 5.32 Å². The van der Waals surface area contributed by atoms with Crippen LogP contribution in [0, 0.1) is 0 Å². The van der Waals surface area contributed by atoms with Crippen LogP contribution in [0.25, 0.3) is 0 Å². The first kappa shape index (κ1) is 14.8. The summed E-state index contributed by atoms with van der Waals surface area (Å²) >= 11 is 5.98. The van der Waals surface area contributed by atoms with Crippen LogP contribution in [0.5, 0.6) is 0 Å². The Labute approximate surface area is 123 Å². The highest BCUT2D eigenvalue weighted by atomic mass is 35.5. The number of amides is 2. The van der Waals surface area contributed by atoms with Gasteiger partial charge >= 0.3 is 0 Å². The molecule has 20 heavy (non-hydrogen) atoms. The molecule has 2 rings (SSSR count). The van der Waals surface area contributed by atoms with E-state index in [1.807, 2.05) is 13.8 Å². The van der Waals surface area contributed by atoms with Crippen molar-refractivity contribution in [1.29, 1.82) is 0 Å². The van der Waals surface area contributed by atoms with E-state index < -0.39 is 6.04 Å². The molecular formula is C14H18ClN3O2. The second-order valence-electron chi connectivity index (χ2n) is 5.22. The first-order valence-corrected chi connectivity index (χ1v) is 7.04. The van der Waals surface area contributed by atoms with Crippen molar-refractivity contribution in [2.75, 3.05) is 13.1 Å². The summed E-state index contributed by atoms with van der Waals surface area (Å²) in [6.45, 7) is 6.68. The first-order chi connectivity index (χ1) is 9.40. The Morgan fingerprint density at radius 1 is 1.50 bits per heavy atom. The van der Waals surface area contributed by atoms with Crippen LogP contribution in [-0.4, -0.2) is 40.8 Å². The van der Waals surface area contributed by atoms with Crippen LogP contribution in [0.2, 0.25) is 5.15 Å². The van der Waals surface area contributed by atoms with Crippen LogP contribution in [0.15, 0.2) is 12.1 Å². The van der Waals surface area contributed by atoms with E-state index in [4.69, 9.17) is 11.6 Å². The molecular weight excluding hydrogens is 278 g/mol. The van der Waals surface area contributed by atoms with E-state index in [2.05, 4.69) is 10.3 Å². The number of hydrogen-bond acceptors (Lipinski definition) is 3. The molecule has 1 aromatic rings. The van der Waals surface area contributed by atoms with E-state index in [9.17, 15) is 9.59 Å². The van der Waals surface area contributed by atoms with E-state index in [-0.39, 0.29) is 17.7 Å². The molecule has 1 aliphatic heterocycles. The summed E-state index contributed by atoms with van der Waals surface area (Å²) in [4.78, 5) is 30.0. The molecule has 2 amide bonds. The third kappa shape index (κ3) is 2.93. The number of halogens is 1. The van der Waals surface area contributed by atoms with Gasteiger partial charge in [0, 0.05) is 24.3 Å². The molecule has 1 N–H and O–H groups in total. The van der Waals surface area contributed by atoms with Crippen molar-refractivity contribution in [3.05, 3.63) is 28.5 Å². The van der Waals surface area contributed by atoms with E-state index in [0.717, 1.165) is 5.69 Å². The number of pyridine rings is 1. The van der Waals surface area contributed by atoms with Gasteiger partial charge in [-0.1, -0.05) is 25.4 Å². The molecule has 1 saturated heterocycles. The highest BCUT2D eigenvalue weighted by molar-refractivity contribution is 6.29. The number of nitrogens with zero attached hydrogens (tertiary/aromatic N) is 2. The Balaban J connectivity index is 2.31. The fourth-order valence-corrected chi connectivity index (χ4v) is 2.38. The van der Waals surface area contributed by atoms with Gasteiger partial charge in [-0.3, -0.25) is 9.59 Å². The number of rotatable bonds is 2. The standard InChI is InChI=1S/C14H18ClN3O2/c1-8(2)11-6-10(7-12(15)17-11)14(20)18-5-4-16-13(19)9(18)3/h6-9H,4-5H2,1-3H3,(H,16,19). The lowest BCUT2D eigenvalue weighted by Crippen LogP contribution is -2.55. The van der Waals surface area contributed by atoms with Gasteiger partial charge in [0.05, 0.1) is 0 Å². The molecule has 0 spiro atoms. The first-order valence-electron chi connectivity index (χ1n) is 6.66. The largest absolute Gasteiger partial charge is 0.353 e. The molecule has 108 valence electrons. The molecule has 1 atom stereocenters. The minimum absolute atomic E-state index is 0.131. The van der Waals surface area contributed by atoms with Crippen molar-refractivity contribution in [2.45, 2.75) is 32.7 Å². The van der Waals surface area contributed by atoms with Gasteiger partial charge in [0.25, 0.3) is 5.91 Å². The fourth-order valence-electron chi connectivity index (χ4n) is 2.16. The summed E-state index contributed by atoms with van der Waals surface area (Å²) < 4.78 is 0. The lowest BCUT2D eigenvalue weighted by Gasteiger charge is -2.33. The van der Waals surface area contributed by atoms with Gasteiger partial charge in [0.2, 0.25) is 5.91 Å². The van der Waals surface area contributed by atoms with E-state index in [0.29, 0.717) is 23.8 Å². The van der Waals surface area contributed by atoms with E-state index >= 15 is 0 Å². The SMILES string of the molecule is CC(C)c1cc(C(=O)N2CCNC(=O)C2C)cc(Cl)n1. The minimum atomic E-state index is -0.467. The highest BCUT2D eigenvalue weighted by Gasteiger charge is 2.30. The highest BCUT2D eigenvalue weighted by Crippen LogP contribution is 2.20. The Hall–Kier alpha value is -1.62. The molecule has 0 radical (unpaired) electrons. The molecule has 6 heteroatoms. The predicted molar refractivity (Wildman–Crippen MR) is 76.8 cm³/mol. The van der Waals surface area contributed by atoms with E-state index in [1.165, 1.54) is 0 Å². The lowest BCUT2D eigenvalue weighted by molar-refractivity contribution is -0.127. The molecule has 0 aromatic carbocycles. The van der Waals surface area contributed by atoms with Crippen LogP contribution in [0.3, 0.4) is 0 Å². The second-order valence-corrected chi connectivity index (χ2v) is 5.61. The Morgan fingerprint density at radius 2 is 2.20 bits per heavy atom. The predicted octanol–water partition coefficient (Wildman–Crippen LogP) is 1.82. The van der Waals surface area contributed by atoms with Crippen LogP contribution in [0.1, 0.15) is 42.7 Å². The summed E-state index contributed by atoms with van der Waals surface area (Å²) in [5.74, 6) is -0.130. The van der Waals surface area contributed by atoms with Crippen molar-refractivity contribution in [3.8, 4) is 0 Å². The molecule has 5 nitrogen and oxygen atoms in total. The Morgan fingerprint density at radius 3 is 2.85 bits per heavy atom. The number of nitrogens with one attached hydrogen (secondary N) is 1.